The van der Waals surface area contributed by atoms with E-state index in [4.69, 9.17) is 23.2 Å². The first-order chi connectivity index (χ1) is 3.72. The van der Waals surface area contributed by atoms with Crippen molar-refractivity contribution in [2.24, 2.45) is 0 Å². The lowest BCUT2D eigenvalue weighted by molar-refractivity contribution is 0.331. The van der Waals surface area contributed by atoms with E-state index in [1.54, 1.807) is 0 Å². The predicted octanol–water partition coefficient (Wildman–Crippen LogP) is 2.25. The van der Waals surface area contributed by atoms with Crippen molar-refractivity contribution in [3.05, 3.63) is 0 Å². The zero-order chi connectivity index (χ0) is 6.57. The van der Waals surface area contributed by atoms with Crippen LogP contribution in [-0.2, 0) is 0 Å². The van der Waals surface area contributed by atoms with E-state index < -0.39 is 0 Å². The monoisotopic (exact) mass is 172 g/mol. The molecule has 0 aliphatic heterocycles. The smallest absolute Gasteiger partial charge is 0.160 e. The Balaban J connectivity index is 0. The second-order valence-electron chi connectivity index (χ2n) is 1.50. The molecule has 0 saturated heterocycles. The van der Waals surface area contributed by atoms with Crippen LogP contribution in [-0.4, -0.2) is 22.9 Å². The molecule has 0 aromatic heterocycles. The van der Waals surface area contributed by atoms with Crippen LogP contribution in [0.4, 0.5) is 0 Å². The fraction of sp³-hybridized carbons (Fsp3) is 1.00. The summed E-state index contributed by atoms with van der Waals surface area (Å²) >= 11 is 11.1. The van der Waals surface area contributed by atoms with Crippen LogP contribution >= 0.6 is 23.2 Å². The summed E-state index contributed by atoms with van der Waals surface area (Å²) in [5.41, 5.74) is 0. The third kappa shape index (κ3) is 4.97. The minimum atomic E-state index is -0.343. The number of rotatable bonds is 3. The Labute approximate surface area is 66.7 Å². The molecule has 0 spiro atoms. The van der Waals surface area contributed by atoms with Crippen LogP contribution in [0.25, 0.3) is 0 Å². The van der Waals surface area contributed by atoms with Gasteiger partial charge in [-0.2, -0.15) is 0 Å². The molecule has 58 valence electrons. The van der Waals surface area contributed by atoms with Crippen molar-refractivity contribution in [3.63, 3.8) is 0 Å². The van der Waals surface area contributed by atoms with E-state index in [1.807, 2.05) is 18.7 Å². The maximum absolute atomic E-state index is 5.54. The molecule has 0 aliphatic carbocycles. The normalized spacial score (nSPS) is 10.0. The molecule has 0 unspecified atom stereocenters. The van der Waals surface area contributed by atoms with Gasteiger partial charge in [-0.15, -0.1) is 0 Å². The molecule has 0 aromatic carbocycles. The summed E-state index contributed by atoms with van der Waals surface area (Å²) in [7, 11) is 0. The molecule has 0 fully saturated rings. The zero-order valence-electron chi connectivity index (χ0n) is 5.90. The number of halogens is 2. The molecule has 2 nitrogen and oxygen atoms in total. The van der Waals surface area contributed by atoms with Crippen LogP contribution < -0.4 is 6.15 Å². The first kappa shape index (κ1) is 12.2. The highest BCUT2D eigenvalue weighted by atomic mass is 35.5. The Bertz CT molecular complexity index is 54.9. The van der Waals surface area contributed by atoms with Gasteiger partial charge in [-0.05, 0) is 13.1 Å². The molecule has 0 atom stereocenters. The number of hydrogen-bond acceptors (Lipinski definition) is 2. The Morgan fingerprint density at radius 3 is 1.56 bits per heavy atom. The molecular formula is C5H14Cl2N2. The molecule has 0 radical (unpaired) electrons. The van der Waals surface area contributed by atoms with Gasteiger partial charge in [-0.25, -0.2) is 0 Å². The van der Waals surface area contributed by atoms with Crippen molar-refractivity contribution in [2.45, 2.75) is 18.8 Å². The minimum Gasteiger partial charge on any atom is -0.344 e. The summed E-state index contributed by atoms with van der Waals surface area (Å²) in [5, 5.41) is 0. The summed E-state index contributed by atoms with van der Waals surface area (Å²) in [4.78, 5) is 1.60. The second-order valence-corrected chi connectivity index (χ2v) is 2.55. The standard InChI is InChI=1S/C5H11Cl2N.H3N/c1-3-8(4-2)5(6)7;/h5H,3-4H2,1-2H3;1H3. The fourth-order valence-corrected chi connectivity index (χ4v) is 1.05. The molecular weight excluding hydrogens is 159 g/mol. The van der Waals surface area contributed by atoms with Crippen LogP contribution in [0, 0.1) is 0 Å². The fourth-order valence-electron chi connectivity index (χ4n) is 0.500. The van der Waals surface area contributed by atoms with Gasteiger partial charge in [0.05, 0.1) is 0 Å². The number of hydrogen-bond donors (Lipinski definition) is 1. The first-order valence-corrected chi connectivity index (χ1v) is 3.61. The Kier molecular flexibility index (Phi) is 8.97. The molecule has 4 heteroatoms. The van der Waals surface area contributed by atoms with E-state index in [-0.39, 0.29) is 11.1 Å². The molecule has 9 heavy (non-hydrogen) atoms. The Morgan fingerprint density at radius 1 is 1.22 bits per heavy atom. The van der Waals surface area contributed by atoms with E-state index >= 15 is 0 Å². The third-order valence-electron chi connectivity index (χ3n) is 1.09. The largest absolute Gasteiger partial charge is 0.344 e. The molecule has 0 amide bonds. The van der Waals surface area contributed by atoms with Gasteiger partial charge < -0.3 is 6.15 Å². The van der Waals surface area contributed by atoms with E-state index in [2.05, 4.69) is 0 Å². The van der Waals surface area contributed by atoms with E-state index in [1.165, 1.54) is 0 Å². The van der Waals surface area contributed by atoms with Crippen LogP contribution in [0.3, 0.4) is 0 Å². The van der Waals surface area contributed by atoms with E-state index in [0.717, 1.165) is 13.1 Å². The SMILES string of the molecule is CCN(CC)C(Cl)Cl.N. The van der Waals surface area contributed by atoms with Gasteiger partial charge in [0.1, 0.15) is 0 Å². The van der Waals surface area contributed by atoms with Crippen LogP contribution in [0.15, 0.2) is 0 Å². The second kappa shape index (κ2) is 6.62. The Hall–Kier alpha value is 0.500. The molecule has 0 rings (SSSR count). The van der Waals surface area contributed by atoms with Crippen LogP contribution in [0.1, 0.15) is 13.8 Å². The zero-order valence-corrected chi connectivity index (χ0v) is 7.41. The highest BCUT2D eigenvalue weighted by Gasteiger charge is 2.05. The average Bonchev–Trinajstić information content (AvgIpc) is 1.69. The average molecular weight is 173 g/mol. The molecule has 0 saturated carbocycles. The van der Waals surface area contributed by atoms with Crippen molar-refractivity contribution in [1.82, 2.24) is 11.1 Å². The summed E-state index contributed by atoms with van der Waals surface area (Å²) in [6, 6.07) is 0. The van der Waals surface area contributed by atoms with Gasteiger partial charge >= 0.3 is 0 Å². The van der Waals surface area contributed by atoms with Gasteiger partial charge in [0.25, 0.3) is 0 Å². The first-order valence-electron chi connectivity index (χ1n) is 2.74. The summed E-state index contributed by atoms with van der Waals surface area (Å²) in [6.45, 7) is 5.88. The highest BCUT2D eigenvalue weighted by Crippen LogP contribution is 2.07. The van der Waals surface area contributed by atoms with Crippen molar-refractivity contribution >= 4 is 23.2 Å². The minimum absolute atomic E-state index is 0. The maximum atomic E-state index is 5.54. The lowest BCUT2D eigenvalue weighted by Gasteiger charge is -2.17. The van der Waals surface area contributed by atoms with Gasteiger partial charge in [-0.3, -0.25) is 4.90 Å². The van der Waals surface area contributed by atoms with Crippen molar-refractivity contribution in [1.29, 1.82) is 0 Å². The van der Waals surface area contributed by atoms with Crippen molar-refractivity contribution < 1.29 is 0 Å². The summed E-state index contributed by atoms with van der Waals surface area (Å²) in [5.74, 6) is 0. The molecule has 0 bridgehead atoms. The molecule has 0 aliphatic rings. The van der Waals surface area contributed by atoms with E-state index in [0.29, 0.717) is 0 Å². The van der Waals surface area contributed by atoms with Gasteiger partial charge in [0.2, 0.25) is 0 Å². The van der Waals surface area contributed by atoms with Gasteiger partial charge in [-0.1, -0.05) is 37.0 Å². The predicted molar refractivity (Wildman–Crippen MR) is 43.4 cm³/mol. The number of alkyl halides is 2. The maximum Gasteiger partial charge on any atom is 0.160 e. The third-order valence-corrected chi connectivity index (χ3v) is 1.64. The summed E-state index contributed by atoms with van der Waals surface area (Å²) in [6.07, 6.45) is 0. The number of nitrogens with zero attached hydrogens (tertiary/aromatic N) is 1. The topological polar surface area (TPSA) is 38.2 Å². The molecule has 0 aromatic rings. The van der Waals surface area contributed by atoms with E-state index in [9.17, 15) is 0 Å². The quantitative estimate of drug-likeness (QED) is 0.525. The lowest BCUT2D eigenvalue weighted by atomic mass is 10.6. The van der Waals surface area contributed by atoms with Crippen molar-refractivity contribution in [3.8, 4) is 0 Å². The molecule has 0 heterocycles. The van der Waals surface area contributed by atoms with Crippen molar-refractivity contribution in [2.75, 3.05) is 13.1 Å². The van der Waals surface area contributed by atoms with Gasteiger partial charge in [0, 0.05) is 0 Å². The Morgan fingerprint density at radius 2 is 1.56 bits per heavy atom. The van der Waals surface area contributed by atoms with Crippen LogP contribution in [0.5, 0.6) is 0 Å². The molecule has 3 N–H and O–H groups in total. The summed E-state index contributed by atoms with van der Waals surface area (Å²) < 4.78 is 0. The van der Waals surface area contributed by atoms with Crippen LogP contribution in [0.2, 0.25) is 0 Å². The highest BCUT2D eigenvalue weighted by molar-refractivity contribution is 6.43. The lowest BCUT2D eigenvalue weighted by Crippen LogP contribution is -2.26. The van der Waals surface area contributed by atoms with Gasteiger partial charge in [0.15, 0.2) is 4.96 Å².